The van der Waals surface area contributed by atoms with E-state index in [1.54, 1.807) is 0 Å². The number of hydrogen-bond acceptors (Lipinski definition) is 6. The standard InChI is InChI=1S/C20H27N5O2S/c26-18(21-17-8-4-5-9-17)15-28-20-23-22-19(24-10-12-27-13-11-24)25(20)14-16-6-2-1-3-7-16/h1-3,6-7,17H,4-5,8-15H2,(H,21,26). The van der Waals surface area contributed by atoms with Gasteiger partial charge in [-0.3, -0.25) is 9.36 Å². The molecule has 1 aromatic heterocycles. The van der Waals surface area contributed by atoms with Crippen LogP contribution in [0.4, 0.5) is 5.95 Å². The first-order valence-corrected chi connectivity index (χ1v) is 11.0. The Morgan fingerprint density at radius 3 is 2.64 bits per heavy atom. The quantitative estimate of drug-likeness (QED) is 0.718. The molecule has 2 heterocycles. The van der Waals surface area contributed by atoms with E-state index >= 15 is 0 Å². The predicted octanol–water partition coefficient (Wildman–Crippen LogP) is 2.31. The number of hydrogen-bond donors (Lipinski definition) is 1. The summed E-state index contributed by atoms with van der Waals surface area (Å²) < 4.78 is 7.59. The number of aromatic nitrogens is 3. The summed E-state index contributed by atoms with van der Waals surface area (Å²) in [5, 5.41) is 12.8. The molecule has 150 valence electrons. The number of ether oxygens (including phenoxy) is 1. The number of amides is 1. The van der Waals surface area contributed by atoms with Crippen LogP contribution in [-0.2, 0) is 16.1 Å². The zero-order valence-corrected chi connectivity index (χ0v) is 16.9. The van der Waals surface area contributed by atoms with Crippen LogP contribution in [0.25, 0.3) is 0 Å². The van der Waals surface area contributed by atoms with Gasteiger partial charge in [-0.25, -0.2) is 0 Å². The fourth-order valence-corrected chi connectivity index (χ4v) is 4.50. The highest BCUT2D eigenvalue weighted by atomic mass is 32.2. The molecule has 1 saturated heterocycles. The molecule has 4 rings (SSSR count). The van der Waals surface area contributed by atoms with Gasteiger partial charge in [0.2, 0.25) is 11.9 Å². The molecular formula is C20H27N5O2S. The molecule has 1 aromatic carbocycles. The molecule has 1 amide bonds. The van der Waals surface area contributed by atoms with Gasteiger partial charge in [0.1, 0.15) is 0 Å². The van der Waals surface area contributed by atoms with E-state index < -0.39 is 0 Å². The van der Waals surface area contributed by atoms with Crippen molar-refractivity contribution in [2.45, 2.75) is 43.4 Å². The van der Waals surface area contributed by atoms with E-state index in [-0.39, 0.29) is 5.91 Å². The van der Waals surface area contributed by atoms with E-state index in [1.807, 2.05) is 18.2 Å². The first kappa shape index (κ1) is 19.3. The van der Waals surface area contributed by atoms with Gasteiger partial charge < -0.3 is 15.0 Å². The van der Waals surface area contributed by atoms with Crippen molar-refractivity contribution < 1.29 is 9.53 Å². The summed E-state index contributed by atoms with van der Waals surface area (Å²) >= 11 is 1.46. The highest BCUT2D eigenvalue weighted by Crippen LogP contribution is 2.24. The van der Waals surface area contributed by atoms with Crippen LogP contribution >= 0.6 is 11.8 Å². The minimum Gasteiger partial charge on any atom is -0.378 e. The number of morpholine rings is 1. The van der Waals surface area contributed by atoms with E-state index in [0.717, 1.165) is 37.0 Å². The van der Waals surface area contributed by atoms with Gasteiger partial charge in [0.05, 0.1) is 25.5 Å². The zero-order chi connectivity index (χ0) is 19.2. The lowest BCUT2D eigenvalue weighted by Gasteiger charge is -2.28. The van der Waals surface area contributed by atoms with Crippen molar-refractivity contribution in [3.8, 4) is 0 Å². The normalized spacial score (nSPS) is 17.8. The third-order valence-corrected chi connectivity index (χ3v) is 6.19. The summed E-state index contributed by atoms with van der Waals surface area (Å²) in [5.41, 5.74) is 1.19. The Balaban J connectivity index is 1.47. The Morgan fingerprint density at radius 1 is 1.14 bits per heavy atom. The average molecular weight is 402 g/mol. The number of anilines is 1. The second-order valence-corrected chi connectivity index (χ2v) is 8.23. The first-order valence-electron chi connectivity index (χ1n) is 10.0. The molecule has 0 unspecified atom stereocenters. The maximum absolute atomic E-state index is 12.3. The highest BCUT2D eigenvalue weighted by molar-refractivity contribution is 7.99. The molecule has 1 N–H and O–H groups in total. The number of rotatable bonds is 7. The smallest absolute Gasteiger partial charge is 0.230 e. The fraction of sp³-hybridized carbons (Fsp3) is 0.550. The molecule has 8 heteroatoms. The molecule has 28 heavy (non-hydrogen) atoms. The van der Waals surface area contributed by atoms with Crippen molar-refractivity contribution in [1.29, 1.82) is 0 Å². The van der Waals surface area contributed by atoms with Gasteiger partial charge in [-0.05, 0) is 18.4 Å². The summed E-state index contributed by atoms with van der Waals surface area (Å²) in [4.78, 5) is 14.5. The molecule has 1 aliphatic carbocycles. The third kappa shape index (κ3) is 4.86. The van der Waals surface area contributed by atoms with E-state index in [2.05, 4.69) is 37.1 Å². The molecule has 2 aliphatic rings. The molecule has 0 bridgehead atoms. The maximum atomic E-state index is 12.3. The number of thioether (sulfide) groups is 1. The van der Waals surface area contributed by atoms with Gasteiger partial charge >= 0.3 is 0 Å². The Hall–Kier alpha value is -2.06. The number of benzene rings is 1. The van der Waals surface area contributed by atoms with E-state index in [1.165, 1.54) is 30.2 Å². The van der Waals surface area contributed by atoms with Gasteiger partial charge in [0, 0.05) is 19.1 Å². The molecule has 1 aliphatic heterocycles. The maximum Gasteiger partial charge on any atom is 0.230 e. The molecule has 7 nitrogen and oxygen atoms in total. The fourth-order valence-electron chi connectivity index (χ4n) is 3.76. The summed E-state index contributed by atoms with van der Waals surface area (Å²) in [5.74, 6) is 1.30. The molecular weight excluding hydrogens is 374 g/mol. The average Bonchev–Trinajstić information content (AvgIpc) is 3.38. The monoisotopic (exact) mass is 401 g/mol. The lowest BCUT2D eigenvalue weighted by Crippen LogP contribution is -2.38. The van der Waals surface area contributed by atoms with Crippen molar-refractivity contribution in [3.05, 3.63) is 35.9 Å². The van der Waals surface area contributed by atoms with Crippen LogP contribution in [0.15, 0.2) is 35.5 Å². The van der Waals surface area contributed by atoms with Gasteiger partial charge in [0.25, 0.3) is 0 Å². The van der Waals surface area contributed by atoms with Crippen LogP contribution in [0.3, 0.4) is 0 Å². The molecule has 0 radical (unpaired) electrons. The third-order valence-electron chi connectivity index (χ3n) is 5.23. The highest BCUT2D eigenvalue weighted by Gasteiger charge is 2.22. The minimum absolute atomic E-state index is 0.0825. The van der Waals surface area contributed by atoms with Crippen molar-refractivity contribution in [2.75, 3.05) is 37.0 Å². The molecule has 0 spiro atoms. The van der Waals surface area contributed by atoms with E-state index in [4.69, 9.17) is 4.74 Å². The summed E-state index contributed by atoms with van der Waals surface area (Å²) in [6.07, 6.45) is 4.63. The van der Waals surface area contributed by atoms with Gasteiger partial charge in [0.15, 0.2) is 5.16 Å². The summed E-state index contributed by atoms with van der Waals surface area (Å²) in [7, 11) is 0. The van der Waals surface area contributed by atoms with Crippen molar-refractivity contribution in [1.82, 2.24) is 20.1 Å². The topological polar surface area (TPSA) is 72.3 Å². The molecule has 2 aromatic rings. The Morgan fingerprint density at radius 2 is 1.89 bits per heavy atom. The lowest BCUT2D eigenvalue weighted by atomic mass is 10.2. The van der Waals surface area contributed by atoms with Crippen molar-refractivity contribution in [2.24, 2.45) is 0 Å². The molecule has 0 atom stereocenters. The number of nitrogens with one attached hydrogen (secondary N) is 1. The second-order valence-electron chi connectivity index (χ2n) is 7.29. The van der Waals surface area contributed by atoms with Crippen LogP contribution in [-0.4, -0.2) is 58.8 Å². The SMILES string of the molecule is O=C(CSc1nnc(N2CCOCC2)n1Cc1ccccc1)NC1CCCC1. The molecule has 2 fully saturated rings. The van der Waals surface area contributed by atoms with Crippen LogP contribution in [0.5, 0.6) is 0 Å². The van der Waals surface area contributed by atoms with Gasteiger partial charge in [-0.2, -0.15) is 0 Å². The summed E-state index contributed by atoms with van der Waals surface area (Å²) in [6, 6.07) is 10.6. The van der Waals surface area contributed by atoms with Gasteiger partial charge in [-0.1, -0.05) is 54.9 Å². The first-order chi connectivity index (χ1) is 13.8. The molecule has 1 saturated carbocycles. The number of carbonyl (C=O) groups excluding carboxylic acids is 1. The Labute approximate surface area is 169 Å². The van der Waals surface area contributed by atoms with Crippen LogP contribution in [0.2, 0.25) is 0 Å². The van der Waals surface area contributed by atoms with Crippen LogP contribution < -0.4 is 10.2 Å². The van der Waals surface area contributed by atoms with E-state index in [9.17, 15) is 4.79 Å². The Bertz CT molecular complexity index is 770. The second kappa shape index (κ2) is 9.43. The van der Waals surface area contributed by atoms with Crippen LogP contribution in [0.1, 0.15) is 31.2 Å². The van der Waals surface area contributed by atoms with Crippen molar-refractivity contribution in [3.63, 3.8) is 0 Å². The van der Waals surface area contributed by atoms with E-state index in [0.29, 0.717) is 31.6 Å². The zero-order valence-electron chi connectivity index (χ0n) is 16.0. The predicted molar refractivity (Wildman–Crippen MR) is 110 cm³/mol. The van der Waals surface area contributed by atoms with Crippen molar-refractivity contribution >= 4 is 23.6 Å². The number of nitrogens with zero attached hydrogens (tertiary/aromatic N) is 4. The van der Waals surface area contributed by atoms with Crippen LogP contribution in [0, 0.1) is 0 Å². The number of carbonyl (C=O) groups is 1. The summed E-state index contributed by atoms with van der Waals surface area (Å²) in [6.45, 7) is 3.70. The minimum atomic E-state index is 0.0825. The van der Waals surface area contributed by atoms with Gasteiger partial charge in [-0.15, -0.1) is 10.2 Å². The largest absolute Gasteiger partial charge is 0.378 e. The Kier molecular flexibility index (Phi) is 6.49. The lowest BCUT2D eigenvalue weighted by molar-refractivity contribution is -0.119.